The van der Waals surface area contributed by atoms with Crippen LogP contribution in [-0.2, 0) is 4.74 Å². The van der Waals surface area contributed by atoms with E-state index in [-0.39, 0.29) is 6.54 Å². The molecule has 0 saturated heterocycles. The van der Waals surface area contributed by atoms with Crippen LogP contribution in [0.2, 0.25) is 0 Å². The first-order chi connectivity index (χ1) is 5.87. The molecule has 0 aliphatic carbocycles. The third-order valence-electron chi connectivity index (χ3n) is 1.06. The van der Waals surface area contributed by atoms with Gasteiger partial charge in [0.15, 0.2) is 6.61 Å². The van der Waals surface area contributed by atoms with Gasteiger partial charge >= 0.3 is 12.3 Å². The number of rotatable bonds is 3. The fraction of sp³-hybridized carbons (Fsp3) is 0.833. The summed E-state index contributed by atoms with van der Waals surface area (Å²) in [6.07, 6.45) is -5.13. The van der Waals surface area contributed by atoms with Gasteiger partial charge in [-0.05, 0) is 6.42 Å². The van der Waals surface area contributed by atoms with E-state index >= 15 is 0 Å². The van der Waals surface area contributed by atoms with Crippen molar-refractivity contribution in [3.8, 4) is 0 Å². The van der Waals surface area contributed by atoms with Crippen molar-refractivity contribution in [2.24, 2.45) is 5.84 Å². The fourth-order valence-electron chi connectivity index (χ4n) is 0.559. The standard InChI is InChI=1S/C6H11F3N2O2/c1-2-3-11(10)5(12)13-4-6(7,8)9/h2-4,10H2,1H3. The van der Waals surface area contributed by atoms with E-state index in [1.165, 1.54) is 0 Å². The van der Waals surface area contributed by atoms with Gasteiger partial charge in [0.25, 0.3) is 0 Å². The second kappa shape index (κ2) is 4.90. The van der Waals surface area contributed by atoms with Crippen LogP contribution >= 0.6 is 0 Å². The van der Waals surface area contributed by atoms with Crippen LogP contribution in [0.1, 0.15) is 13.3 Å². The molecule has 0 aliphatic heterocycles. The number of hydrazine groups is 1. The van der Waals surface area contributed by atoms with Crippen molar-refractivity contribution >= 4 is 6.09 Å². The van der Waals surface area contributed by atoms with E-state index < -0.39 is 18.9 Å². The maximum atomic E-state index is 11.5. The molecule has 13 heavy (non-hydrogen) atoms. The Balaban J connectivity index is 3.74. The number of ether oxygens (including phenoxy) is 1. The van der Waals surface area contributed by atoms with E-state index in [9.17, 15) is 18.0 Å². The first-order valence-corrected chi connectivity index (χ1v) is 3.62. The van der Waals surface area contributed by atoms with E-state index in [1.54, 1.807) is 6.92 Å². The summed E-state index contributed by atoms with van der Waals surface area (Å²) in [5, 5.41) is 0.603. The Morgan fingerprint density at radius 2 is 2.08 bits per heavy atom. The lowest BCUT2D eigenvalue weighted by molar-refractivity contribution is -0.162. The molecule has 4 nitrogen and oxygen atoms in total. The number of amides is 1. The molecule has 7 heteroatoms. The molecule has 0 saturated carbocycles. The van der Waals surface area contributed by atoms with Gasteiger partial charge in [0.1, 0.15) is 0 Å². The lowest BCUT2D eigenvalue weighted by Gasteiger charge is -2.15. The number of carbonyl (C=O) groups is 1. The highest BCUT2D eigenvalue weighted by Crippen LogP contribution is 2.14. The molecule has 2 N–H and O–H groups in total. The zero-order valence-corrected chi connectivity index (χ0v) is 7.10. The van der Waals surface area contributed by atoms with E-state index in [0.717, 1.165) is 0 Å². The molecule has 0 aromatic heterocycles. The lowest BCUT2D eigenvalue weighted by Crippen LogP contribution is -2.39. The van der Waals surface area contributed by atoms with Crippen molar-refractivity contribution in [1.29, 1.82) is 0 Å². The molecule has 0 fully saturated rings. The van der Waals surface area contributed by atoms with Gasteiger partial charge in [0.2, 0.25) is 0 Å². The van der Waals surface area contributed by atoms with Crippen LogP contribution in [0.4, 0.5) is 18.0 Å². The molecular formula is C6H11F3N2O2. The van der Waals surface area contributed by atoms with Crippen molar-refractivity contribution in [3.63, 3.8) is 0 Å². The van der Waals surface area contributed by atoms with Crippen LogP contribution in [0.25, 0.3) is 0 Å². The van der Waals surface area contributed by atoms with E-state index in [4.69, 9.17) is 5.84 Å². The molecule has 0 atom stereocenters. The van der Waals surface area contributed by atoms with Crippen molar-refractivity contribution in [2.75, 3.05) is 13.2 Å². The SMILES string of the molecule is CCCN(N)C(=O)OCC(F)(F)F. The third kappa shape index (κ3) is 6.21. The van der Waals surface area contributed by atoms with Crippen molar-refractivity contribution in [1.82, 2.24) is 5.01 Å². The van der Waals surface area contributed by atoms with Crippen LogP contribution in [0.3, 0.4) is 0 Å². The largest absolute Gasteiger partial charge is 0.439 e. The van der Waals surface area contributed by atoms with Crippen molar-refractivity contribution in [3.05, 3.63) is 0 Å². The van der Waals surface area contributed by atoms with Gasteiger partial charge in [0, 0.05) is 6.54 Å². The zero-order chi connectivity index (χ0) is 10.5. The summed E-state index contributed by atoms with van der Waals surface area (Å²) in [5.74, 6) is 5.05. The first-order valence-electron chi connectivity index (χ1n) is 3.62. The Morgan fingerprint density at radius 3 is 2.46 bits per heavy atom. The minimum absolute atomic E-state index is 0.163. The maximum absolute atomic E-state index is 11.5. The Labute approximate surface area is 73.4 Å². The fourth-order valence-corrected chi connectivity index (χ4v) is 0.559. The summed E-state index contributed by atoms with van der Waals surface area (Å²) in [6, 6.07) is 0. The van der Waals surface area contributed by atoms with Gasteiger partial charge in [-0.2, -0.15) is 13.2 Å². The van der Waals surface area contributed by atoms with Crippen LogP contribution < -0.4 is 5.84 Å². The van der Waals surface area contributed by atoms with E-state index in [2.05, 4.69) is 4.74 Å². The molecule has 0 radical (unpaired) electrons. The highest BCUT2D eigenvalue weighted by atomic mass is 19.4. The number of hydrogen-bond donors (Lipinski definition) is 1. The summed E-state index contributed by atoms with van der Waals surface area (Å²) in [5.41, 5.74) is 0. The highest BCUT2D eigenvalue weighted by Gasteiger charge is 2.30. The Bertz CT molecular complexity index is 172. The topological polar surface area (TPSA) is 55.6 Å². The highest BCUT2D eigenvalue weighted by molar-refractivity contribution is 5.66. The van der Waals surface area contributed by atoms with Crippen LogP contribution in [-0.4, -0.2) is 30.4 Å². The quantitative estimate of drug-likeness (QED) is 0.424. The molecule has 0 unspecified atom stereocenters. The normalized spacial score (nSPS) is 11.2. The van der Waals surface area contributed by atoms with Gasteiger partial charge in [-0.3, -0.25) is 0 Å². The van der Waals surface area contributed by atoms with Gasteiger partial charge < -0.3 is 4.74 Å². The molecular weight excluding hydrogens is 189 g/mol. The number of nitrogens with two attached hydrogens (primary N) is 1. The number of alkyl halides is 3. The number of nitrogens with zero attached hydrogens (tertiary/aromatic N) is 1. The summed E-state index contributed by atoms with van der Waals surface area (Å²) < 4.78 is 38.4. The van der Waals surface area contributed by atoms with Gasteiger partial charge in [-0.1, -0.05) is 6.92 Å². The Hall–Kier alpha value is -0.980. The molecule has 0 rings (SSSR count). The van der Waals surface area contributed by atoms with Crippen LogP contribution in [0, 0.1) is 0 Å². The Kier molecular flexibility index (Phi) is 4.53. The molecule has 0 spiro atoms. The maximum Gasteiger partial charge on any atom is 0.424 e. The second-order valence-corrected chi connectivity index (χ2v) is 2.36. The first kappa shape index (κ1) is 12.0. The molecule has 0 aliphatic rings. The lowest BCUT2D eigenvalue weighted by atomic mass is 10.5. The van der Waals surface area contributed by atoms with Gasteiger partial charge in [0.05, 0.1) is 0 Å². The second-order valence-electron chi connectivity index (χ2n) is 2.36. The zero-order valence-electron chi connectivity index (χ0n) is 7.10. The monoisotopic (exact) mass is 200 g/mol. The van der Waals surface area contributed by atoms with Gasteiger partial charge in [-0.25, -0.2) is 15.6 Å². The predicted molar refractivity (Wildman–Crippen MR) is 38.6 cm³/mol. The summed E-state index contributed by atoms with van der Waals surface area (Å²) in [4.78, 5) is 10.7. The molecule has 0 heterocycles. The average molecular weight is 200 g/mol. The number of halogens is 3. The number of hydrogen-bond acceptors (Lipinski definition) is 3. The van der Waals surface area contributed by atoms with Crippen LogP contribution in [0.5, 0.6) is 0 Å². The van der Waals surface area contributed by atoms with E-state index in [0.29, 0.717) is 11.4 Å². The summed E-state index contributed by atoms with van der Waals surface area (Å²) >= 11 is 0. The average Bonchev–Trinajstić information content (AvgIpc) is 1.99. The minimum Gasteiger partial charge on any atom is -0.439 e. The smallest absolute Gasteiger partial charge is 0.424 e. The van der Waals surface area contributed by atoms with E-state index in [1.807, 2.05) is 0 Å². The number of carbonyl (C=O) groups excluding carboxylic acids is 1. The molecule has 0 bridgehead atoms. The van der Waals surface area contributed by atoms with Crippen molar-refractivity contribution < 1.29 is 22.7 Å². The molecule has 1 amide bonds. The molecule has 78 valence electrons. The minimum atomic E-state index is -4.51. The summed E-state index contributed by atoms with van der Waals surface area (Å²) in [6.45, 7) is 0.289. The summed E-state index contributed by atoms with van der Waals surface area (Å²) in [7, 11) is 0. The molecule has 0 aromatic rings. The Morgan fingerprint density at radius 1 is 1.54 bits per heavy atom. The van der Waals surface area contributed by atoms with Crippen molar-refractivity contribution in [2.45, 2.75) is 19.5 Å². The van der Waals surface area contributed by atoms with Gasteiger partial charge in [-0.15, -0.1) is 0 Å². The molecule has 0 aromatic carbocycles. The third-order valence-corrected chi connectivity index (χ3v) is 1.06. The predicted octanol–water partition coefficient (Wildman–Crippen LogP) is 1.27. The van der Waals surface area contributed by atoms with Crippen LogP contribution in [0.15, 0.2) is 0 Å².